The molecule has 2 aromatic rings. The number of aromatic nitrogens is 1. The molecule has 0 aliphatic carbocycles. The number of halogens is 1. The summed E-state index contributed by atoms with van der Waals surface area (Å²) in [6.45, 7) is 5.95. The molecule has 0 atom stereocenters. The molecule has 0 N–H and O–H groups in total. The monoisotopic (exact) mass is 343 g/mol. The molecule has 1 aliphatic rings. The van der Waals surface area contributed by atoms with Crippen molar-refractivity contribution in [1.29, 1.82) is 0 Å². The van der Waals surface area contributed by atoms with Gasteiger partial charge in [0.25, 0.3) is 0 Å². The first-order valence-electron chi connectivity index (χ1n) is 8.49. The normalized spacial score (nSPS) is 15.2. The zero-order valence-corrected chi connectivity index (χ0v) is 14.3. The van der Waals surface area contributed by atoms with Gasteiger partial charge in [0.05, 0.1) is 6.61 Å². The number of pyridine rings is 1. The minimum atomic E-state index is -0.243. The van der Waals surface area contributed by atoms with E-state index in [1.165, 1.54) is 12.1 Å². The minimum absolute atomic E-state index is 0.234. The number of rotatable bonds is 4. The quantitative estimate of drug-likeness (QED) is 0.855. The summed E-state index contributed by atoms with van der Waals surface area (Å²) in [6.07, 6.45) is 3.40. The molecule has 5 nitrogen and oxygen atoms in total. The van der Waals surface area contributed by atoms with Gasteiger partial charge in [0, 0.05) is 50.7 Å². The van der Waals surface area contributed by atoms with Crippen LogP contribution in [-0.4, -0.2) is 53.7 Å². The summed E-state index contributed by atoms with van der Waals surface area (Å²) >= 11 is 0. The van der Waals surface area contributed by atoms with E-state index in [4.69, 9.17) is 4.74 Å². The van der Waals surface area contributed by atoms with Gasteiger partial charge in [-0.2, -0.15) is 0 Å². The number of carbonyl (C=O) groups excluding carboxylic acids is 1. The smallest absolute Gasteiger partial charge is 0.409 e. The second kappa shape index (κ2) is 8.07. The first-order valence-corrected chi connectivity index (χ1v) is 8.49. The molecule has 1 aromatic carbocycles. The van der Waals surface area contributed by atoms with Crippen molar-refractivity contribution in [1.82, 2.24) is 14.8 Å². The highest BCUT2D eigenvalue weighted by Gasteiger charge is 2.21. The van der Waals surface area contributed by atoms with Crippen molar-refractivity contribution in [2.24, 2.45) is 0 Å². The summed E-state index contributed by atoms with van der Waals surface area (Å²) in [4.78, 5) is 20.1. The van der Waals surface area contributed by atoms with Crippen LogP contribution in [0.1, 0.15) is 12.5 Å². The Hall–Kier alpha value is -2.47. The van der Waals surface area contributed by atoms with Crippen LogP contribution in [0.25, 0.3) is 11.1 Å². The highest BCUT2D eigenvalue weighted by Crippen LogP contribution is 2.20. The van der Waals surface area contributed by atoms with E-state index in [-0.39, 0.29) is 11.9 Å². The first-order chi connectivity index (χ1) is 12.2. The Labute approximate surface area is 147 Å². The van der Waals surface area contributed by atoms with Crippen LogP contribution in [0.3, 0.4) is 0 Å². The van der Waals surface area contributed by atoms with Crippen molar-refractivity contribution in [3.05, 3.63) is 54.1 Å². The summed E-state index contributed by atoms with van der Waals surface area (Å²) in [5.74, 6) is -0.243. The molecular weight excluding hydrogens is 321 g/mol. The second-order valence-corrected chi connectivity index (χ2v) is 6.05. The number of benzene rings is 1. The van der Waals surface area contributed by atoms with Crippen molar-refractivity contribution in [2.45, 2.75) is 13.5 Å². The van der Waals surface area contributed by atoms with Gasteiger partial charge >= 0.3 is 6.09 Å². The van der Waals surface area contributed by atoms with Gasteiger partial charge in [-0.25, -0.2) is 9.18 Å². The lowest BCUT2D eigenvalue weighted by Crippen LogP contribution is -2.48. The predicted molar refractivity (Wildman–Crippen MR) is 93.5 cm³/mol. The minimum Gasteiger partial charge on any atom is -0.450 e. The lowest BCUT2D eigenvalue weighted by atomic mass is 10.1. The summed E-state index contributed by atoms with van der Waals surface area (Å²) in [5, 5.41) is 0. The Morgan fingerprint density at radius 1 is 1.12 bits per heavy atom. The molecule has 0 spiro atoms. The summed E-state index contributed by atoms with van der Waals surface area (Å²) in [5.41, 5.74) is 3.02. The largest absolute Gasteiger partial charge is 0.450 e. The second-order valence-electron chi connectivity index (χ2n) is 6.05. The number of ether oxygens (including phenoxy) is 1. The van der Waals surface area contributed by atoms with Crippen molar-refractivity contribution in [3.8, 4) is 11.1 Å². The standard InChI is InChI=1S/C19H22FN3O2/c1-2-25-19(24)23-9-7-22(8-10-23)14-15-11-17(13-21-12-15)16-3-5-18(20)6-4-16/h3-6,11-13H,2,7-10,14H2,1H3. The van der Waals surface area contributed by atoms with Gasteiger partial charge in [-0.3, -0.25) is 9.88 Å². The third-order valence-corrected chi connectivity index (χ3v) is 4.28. The van der Waals surface area contributed by atoms with Gasteiger partial charge in [0.2, 0.25) is 0 Å². The lowest BCUT2D eigenvalue weighted by Gasteiger charge is -2.34. The molecule has 0 bridgehead atoms. The van der Waals surface area contributed by atoms with E-state index < -0.39 is 0 Å². The SMILES string of the molecule is CCOC(=O)N1CCN(Cc2cncc(-c3ccc(F)cc3)c2)CC1. The molecule has 0 saturated carbocycles. The van der Waals surface area contributed by atoms with Gasteiger partial charge in [0.1, 0.15) is 5.82 Å². The molecule has 3 rings (SSSR count). The van der Waals surface area contributed by atoms with Gasteiger partial charge in [-0.15, -0.1) is 0 Å². The maximum atomic E-state index is 13.1. The first kappa shape index (κ1) is 17.4. The van der Waals surface area contributed by atoms with E-state index in [0.717, 1.165) is 36.3 Å². The van der Waals surface area contributed by atoms with E-state index in [0.29, 0.717) is 19.7 Å². The maximum Gasteiger partial charge on any atom is 0.409 e. The molecule has 132 valence electrons. The van der Waals surface area contributed by atoms with Crippen LogP contribution < -0.4 is 0 Å². The van der Waals surface area contributed by atoms with E-state index in [9.17, 15) is 9.18 Å². The Balaban J connectivity index is 1.60. The fourth-order valence-electron chi connectivity index (χ4n) is 2.94. The van der Waals surface area contributed by atoms with Crippen molar-refractivity contribution in [2.75, 3.05) is 32.8 Å². The zero-order valence-electron chi connectivity index (χ0n) is 14.3. The fourth-order valence-corrected chi connectivity index (χ4v) is 2.94. The van der Waals surface area contributed by atoms with E-state index in [2.05, 4.69) is 16.0 Å². The highest BCUT2D eigenvalue weighted by molar-refractivity contribution is 5.67. The van der Waals surface area contributed by atoms with E-state index in [1.54, 1.807) is 23.2 Å². The number of amides is 1. The number of piperazine rings is 1. The number of carbonyl (C=O) groups is 1. The third kappa shape index (κ3) is 4.54. The number of nitrogens with zero attached hydrogens (tertiary/aromatic N) is 3. The summed E-state index contributed by atoms with van der Waals surface area (Å²) in [6, 6.07) is 8.51. The van der Waals surface area contributed by atoms with E-state index >= 15 is 0 Å². The Morgan fingerprint density at radius 3 is 2.52 bits per heavy atom. The lowest BCUT2D eigenvalue weighted by molar-refractivity contribution is 0.0778. The summed E-state index contributed by atoms with van der Waals surface area (Å²) < 4.78 is 18.1. The molecule has 0 radical (unpaired) electrons. The number of hydrogen-bond acceptors (Lipinski definition) is 4. The molecule has 1 fully saturated rings. The maximum absolute atomic E-state index is 13.1. The van der Waals surface area contributed by atoms with Crippen LogP contribution in [0.2, 0.25) is 0 Å². The third-order valence-electron chi connectivity index (χ3n) is 4.28. The molecule has 1 amide bonds. The average molecular weight is 343 g/mol. The van der Waals surface area contributed by atoms with Crippen LogP contribution in [0, 0.1) is 5.82 Å². The molecular formula is C19H22FN3O2. The van der Waals surface area contributed by atoms with Gasteiger partial charge in [-0.05, 0) is 36.2 Å². The van der Waals surface area contributed by atoms with Crippen LogP contribution in [0.4, 0.5) is 9.18 Å². The van der Waals surface area contributed by atoms with Crippen molar-refractivity contribution >= 4 is 6.09 Å². The van der Waals surface area contributed by atoms with E-state index in [1.807, 2.05) is 13.1 Å². The fraction of sp³-hybridized carbons (Fsp3) is 0.368. The number of hydrogen-bond donors (Lipinski definition) is 0. The Bertz CT molecular complexity index is 713. The Morgan fingerprint density at radius 2 is 1.84 bits per heavy atom. The van der Waals surface area contributed by atoms with Gasteiger partial charge in [0.15, 0.2) is 0 Å². The van der Waals surface area contributed by atoms with Gasteiger partial charge < -0.3 is 9.64 Å². The molecule has 1 aliphatic heterocycles. The highest BCUT2D eigenvalue weighted by atomic mass is 19.1. The zero-order chi connectivity index (χ0) is 17.6. The van der Waals surface area contributed by atoms with Crippen LogP contribution >= 0.6 is 0 Å². The topological polar surface area (TPSA) is 45.7 Å². The summed E-state index contributed by atoms with van der Waals surface area (Å²) in [7, 11) is 0. The predicted octanol–water partition coefficient (Wildman–Crippen LogP) is 3.16. The molecule has 0 unspecified atom stereocenters. The van der Waals surface area contributed by atoms with Crippen molar-refractivity contribution < 1.29 is 13.9 Å². The average Bonchev–Trinajstić information content (AvgIpc) is 2.63. The Kier molecular flexibility index (Phi) is 5.60. The van der Waals surface area contributed by atoms with Crippen molar-refractivity contribution in [3.63, 3.8) is 0 Å². The van der Waals surface area contributed by atoms with Gasteiger partial charge in [-0.1, -0.05) is 12.1 Å². The van der Waals surface area contributed by atoms with Crippen LogP contribution in [-0.2, 0) is 11.3 Å². The van der Waals surface area contributed by atoms with Crippen LogP contribution in [0.5, 0.6) is 0 Å². The molecule has 25 heavy (non-hydrogen) atoms. The molecule has 2 heterocycles. The van der Waals surface area contributed by atoms with Crippen LogP contribution in [0.15, 0.2) is 42.7 Å². The molecule has 6 heteroatoms. The molecule has 1 aromatic heterocycles. The molecule has 1 saturated heterocycles.